The van der Waals surface area contributed by atoms with Crippen molar-refractivity contribution in [2.24, 2.45) is 0 Å². The number of nitrogens with one attached hydrogen (secondary N) is 2. The molecule has 1 aromatic rings. The third-order valence-corrected chi connectivity index (χ3v) is 6.16. The lowest BCUT2D eigenvalue weighted by Gasteiger charge is -2.45. The van der Waals surface area contributed by atoms with E-state index < -0.39 is 5.54 Å². The maximum absolute atomic E-state index is 13.0. The molecule has 2 N–H and O–H groups in total. The maximum atomic E-state index is 13.0. The number of amides is 2. The van der Waals surface area contributed by atoms with Gasteiger partial charge in [0.15, 0.2) is 0 Å². The van der Waals surface area contributed by atoms with Gasteiger partial charge in [-0.2, -0.15) is 0 Å². The van der Waals surface area contributed by atoms with Gasteiger partial charge in [-0.3, -0.25) is 14.5 Å². The van der Waals surface area contributed by atoms with E-state index in [0.717, 1.165) is 30.8 Å². The standard InChI is InChI=1S/C20H28N4O2/c1-14(2)24-11-5-8-17(24)18(25)23-12-9-20(10-13-23)19(26)21-15-6-3-4-7-16(15)22-20/h3-4,6-7,14,17,22H,5,8-13H2,1-2H3,(H,21,26)/t17-/m1/s1. The second kappa shape index (κ2) is 6.58. The van der Waals surface area contributed by atoms with E-state index in [4.69, 9.17) is 0 Å². The number of carbonyl (C=O) groups excluding carboxylic acids is 2. The van der Waals surface area contributed by atoms with Crippen LogP contribution in [-0.2, 0) is 9.59 Å². The quantitative estimate of drug-likeness (QED) is 0.853. The van der Waals surface area contributed by atoms with Crippen molar-refractivity contribution in [2.75, 3.05) is 30.3 Å². The SMILES string of the molecule is CC(C)N1CCC[C@@H]1C(=O)N1CCC2(CC1)Nc1ccccc1NC2=O. The lowest BCUT2D eigenvalue weighted by atomic mass is 9.84. The van der Waals surface area contributed by atoms with Crippen molar-refractivity contribution in [2.45, 2.75) is 57.2 Å². The molecule has 0 aromatic heterocycles. The molecule has 4 rings (SSSR count). The van der Waals surface area contributed by atoms with E-state index in [-0.39, 0.29) is 17.9 Å². The first-order valence-electron chi connectivity index (χ1n) is 9.73. The summed E-state index contributed by atoms with van der Waals surface area (Å²) in [4.78, 5) is 30.0. The first-order chi connectivity index (χ1) is 12.5. The fraction of sp³-hybridized carbons (Fsp3) is 0.600. The van der Waals surface area contributed by atoms with Crippen molar-refractivity contribution in [3.8, 4) is 0 Å². The number of fused-ring (bicyclic) bond motifs is 1. The molecule has 0 saturated carbocycles. The fourth-order valence-corrected chi connectivity index (χ4v) is 4.60. The van der Waals surface area contributed by atoms with E-state index in [1.54, 1.807) is 0 Å². The lowest BCUT2D eigenvalue weighted by molar-refractivity contribution is -0.139. The van der Waals surface area contributed by atoms with Crippen LogP contribution < -0.4 is 10.6 Å². The van der Waals surface area contributed by atoms with E-state index in [1.807, 2.05) is 29.2 Å². The number of nitrogens with zero attached hydrogens (tertiary/aromatic N) is 2. The molecule has 6 nitrogen and oxygen atoms in total. The highest BCUT2D eigenvalue weighted by molar-refractivity contribution is 6.06. The van der Waals surface area contributed by atoms with Gasteiger partial charge in [0.1, 0.15) is 5.54 Å². The van der Waals surface area contributed by atoms with Crippen LogP contribution in [-0.4, -0.2) is 58.9 Å². The van der Waals surface area contributed by atoms with Gasteiger partial charge in [0.2, 0.25) is 11.8 Å². The average Bonchev–Trinajstić information content (AvgIpc) is 3.13. The molecule has 3 aliphatic heterocycles. The molecule has 1 spiro atoms. The van der Waals surface area contributed by atoms with Crippen LogP contribution in [0.25, 0.3) is 0 Å². The Morgan fingerprint density at radius 3 is 2.54 bits per heavy atom. The van der Waals surface area contributed by atoms with E-state index in [0.29, 0.717) is 32.0 Å². The average molecular weight is 356 g/mol. The van der Waals surface area contributed by atoms with Crippen molar-refractivity contribution in [3.05, 3.63) is 24.3 Å². The minimum absolute atomic E-state index is 0.0120. The zero-order valence-electron chi connectivity index (χ0n) is 15.6. The van der Waals surface area contributed by atoms with Crippen LogP contribution >= 0.6 is 0 Å². The van der Waals surface area contributed by atoms with E-state index in [9.17, 15) is 9.59 Å². The van der Waals surface area contributed by atoms with E-state index >= 15 is 0 Å². The number of benzene rings is 1. The Morgan fingerprint density at radius 2 is 1.85 bits per heavy atom. The maximum Gasteiger partial charge on any atom is 0.250 e. The highest BCUT2D eigenvalue weighted by Gasteiger charge is 2.46. The summed E-state index contributed by atoms with van der Waals surface area (Å²) in [6, 6.07) is 8.19. The second-order valence-corrected chi connectivity index (χ2v) is 8.02. The molecule has 3 aliphatic rings. The fourth-order valence-electron chi connectivity index (χ4n) is 4.60. The van der Waals surface area contributed by atoms with Crippen LogP contribution in [0.4, 0.5) is 11.4 Å². The summed E-state index contributed by atoms with van der Waals surface area (Å²) in [5.74, 6) is 0.260. The minimum atomic E-state index is -0.599. The summed E-state index contributed by atoms with van der Waals surface area (Å²) in [6.07, 6.45) is 3.33. The second-order valence-electron chi connectivity index (χ2n) is 8.02. The third kappa shape index (κ3) is 2.86. The van der Waals surface area contributed by atoms with Crippen LogP contribution in [0.3, 0.4) is 0 Å². The molecule has 140 valence electrons. The molecular weight excluding hydrogens is 328 g/mol. The van der Waals surface area contributed by atoms with E-state index in [1.165, 1.54) is 0 Å². The molecule has 6 heteroatoms. The summed E-state index contributed by atoms with van der Waals surface area (Å²) in [6.45, 7) is 6.58. The Balaban J connectivity index is 1.44. The van der Waals surface area contributed by atoms with Gasteiger partial charge in [0.05, 0.1) is 17.4 Å². The van der Waals surface area contributed by atoms with Gasteiger partial charge in [-0.1, -0.05) is 12.1 Å². The predicted molar refractivity (Wildman–Crippen MR) is 102 cm³/mol. The topological polar surface area (TPSA) is 64.7 Å². The Hall–Kier alpha value is -2.08. The zero-order chi connectivity index (χ0) is 18.3. The molecule has 1 atom stereocenters. The van der Waals surface area contributed by atoms with Crippen LogP contribution in [0, 0.1) is 0 Å². The highest BCUT2D eigenvalue weighted by Crippen LogP contribution is 2.36. The molecule has 0 aliphatic carbocycles. The van der Waals surface area contributed by atoms with Gasteiger partial charge < -0.3 is 15.5 Å². The summed E-state index contributed by atoms with van der Waals surface area (Å²) in [7, 11) is 0. The van der Waals surface area contributed by atoms with Gasteiger partial charge in [-0.15, -0.1) is 0 Å². The van der Waals surface area contributed by atoms with Crippen LogP contribution in [0.1, 0.15) is 39.5 Å². The molecule has 3 heterocycles. The molecule has 2 amide bonds. The number of rotatable bonds is 2. The number of hydrogen-bond acceptors (Lipinski definition) is 4. The van der Waals surface area contributed by atoms with Gasteiger partial charge >= 0.3 is 0 Å². The Morgan fingerprint density at radius 1 is 1.15 bits per heavy atom. The minimum Gasteiger partial charge on any atom is -0.369 e. The van der Waals surface area contributed by atoms with Gasteiger partial charge in [-0.05, 0) is 58.2 Å². The highest BCUT2D eigenvalue weighted by atomic mass is 16.2. The number of carbonyl (C=O) groups is 2. The first kappa shape index (κ1) is 17.3. The molecule has 0 radical (unpaired) electrons. The van der Waals surface area contributed by atoms with Crippen molar-refractivity contribution >= 4 is 23.2 Å². The van der Waals surface area contributed by atoms with Gasteiger partial charge in [-0.25, -0.2) is 0 Å². The summed E-state index contributed by atoms with van der Waals surface area (Å²) < 4.78 is 0. The van der Waals surface area contributed by atoms with Crippen molar-refractivity contribution in [3.63, 3.8) is 0 Å². The number of hydrogen-bond donors (Lipinski definition) is 2. The molecule has 2 fully saturated rings. The molecule has 2 saturated heterocycles. The summed E-state index contributed by atoms with van der Waals surface area (Å²) >= 11 is 0. The van der Waals surface area contributed by atoms with Crippen LogP contribution in [0.2, 0.25) is 0 Å². The summed E-state index contributed by atoms with van der Waals surface area (Å²) in [5, 5.41) is 6.49. The summed E-state index contributed by atoms with van der Waals surface area (Å²) in [5.41, 5.74) is 1.20. The Kier molecular flexibility index (Phi) is 4.39. The van der Waals surface area contributed by atoms with E-state index in [2.05, 4.69) is 29.4 Å². The van der Waals surface area contributed by atoms with Crippen molar-refractivity contribution < 1.29 is 9.59 Å². The van der Waals surface area contributed by atoms with Gasteiger partial charge in [0.25, 0.3) is 0 Å². The molecule has 26 heavy (non-hydrogen) atoms. The molecular formula is C20H28N4O2. The number of anilines is 2. The molecule has 0 bridgehead atoms. The van der Waals surface area contributed by atoms with Gasteiger partial charge in [0, 0.05) is 19.1 Å². The molecule has 0 unspecified atom stereocenters. The zero-order valence-corrected chi connectivity index (χ0v) is 15.6. The normalized spacial score (nSPS) is 25.1. The number of piperidine rings is 1. The largest absolute Gasteiger partial charge is 0.369 e. The lowest BCUT2D eigenvalue weighted by Crippen LogP contribution is -2.60. The monoisotopic (exact) mass is 356 g/mol. The first-order valence-corrected chi connectivity index (χ1v) is 9.73. The van der Waals surface area contributed by atoms with Crippen molar-refractivity contribution in [1.82, 2.24) is 9.80 Å². The van der Waals surface area contributed by atoms with Crippen molar-refractivity contribution in [1.29, 1.82) is 0 Å². The molecule has 1 aromatic carbocycles. The Bertz CT molecular complexity index is 710. The number of likely N-dealkylation sites (tertiary alicyclic amines) is 2. The Labute approximate surface area is 154 Å². The van der Waals surface area contributed by atoms with Crippen LogP contribution in [0.15, 0.2) is 24.3 Å². The smallest absolute Gasteiger partial charge is 0.250 e. The number of para-hydroxylation sites is 2. The third-order valence-electron chi connectivity index (χ3n) is 6.16. The van der Waals surface area contributed by atoms with Crippen LogP contribution in [0.5, 0.6) is 0 Å². The predicted octanol–water partition coefficient (Wildman–Crippen LogP) is 2.28.